The summed E-state index contributed by atoms with van der Waals surface area (Å²) in [5.41, 5.74) is 0.818. The van der Waals surface area contributed by atoms with Gasteiger partial charge in [-0.2, -0.15) is 5.26 Å². The number of amides is 1. The normalized spacial score (nSPS) is 11.4. The maximum absolute atomic E-state index is 13.2. The summed E-state index contributed by atoms with van der Waals surface area (Å²) in [5.74, 6) is -0.904. The molecule has 0 aliphatic heterocycles. The van der Waals surface area contributed by atoms with Gasteiger partial charge < -0.3 is 4.90 Å². The number of carbonyl (C=O) groups excluding carboxylic acids is 1. The molecule has 0 saturated carbocycles. The van der Waals surface area contributed by atoms with Crippen LogP contribution in [0, 0.1) is 17.1 Å². The summed E-state index contributed by atoms with van der Waals surface area (Å²) in [5, 5.41) is 9.25. The Morgan fingerprint density at radius 1 is 1.40 bits per heavy atom. The van der Waals surface area contributed by atoms with E-state index in [9.17, 15) is 14.4 Å². The van der Waals surface area contributed by atoms with Gasteiger partial charge in [0, 0.05) is 30.6 Å². The van der Waals surface area contributed by atoms with Crippen LogP contribution in [0.15, 0.2) is 48.8 Å². The van der Waals surface area contributed by atoms with Gasteiger partial charge in [-0.3, -0.25) is 9.78 Å². The van der Waals surface area contributed by atoms with Gasteiger partial charge in [0.05, 0.1) is 6.07 Å². The summed E-state index contributed by atoms with van der Waals surface area (Å²) in [6, 6.07) is 10.1. The third-order valence-electron chi connectivity index (χ3n) is 2.90. The van der Waals surface area contributed by atoms with Crippen molar-refractivity contribution in [2.75, 3.05) is 7.05 Å². The lowest BCUT2D eigenvalue weighted by Crippen LogP contribution is -2.30. The molecule has 0 spiro atoms. The van der Waals surface area contributed by atoms with Gasteiger partial charge in [-0.15, -0.1) is 0 Å². The second kappa shape index (κ2) is 5.93. The highest BCUT2D eigenvalue weighted by atomic mass is 19.1. The average molecular weight is 269 g/mol. The Balaban J connectivity index is 2.28. The van der Waals surface area contributed by atoms with E-state index >= 15 is 0 Å². The van der Waals surface area contributed by atoms with Crippen LogP contribution >= 0.6 is 0 Å². The minimum atomic E-state index is -0.764. The number of nitrogens with zero attached hydrogens (tertiary/aromatic N) is 3. The van der Waals surface area contributed by atoms with Gasteiger partial charge in [0.25, 0.3) is 5.91 Å². The Morgan fingerprint density at radius 2 is 2.20 bits per heavy atom. The molecule has 1 aromatic carbocycles. The quantitative estimate of drug-likeness (QED) is 0.860. The fourth-order valence-corrected chi connectivity index (χ4v) is 1.86. The number of hydrogen-bond acceptors (Lipinski definition) is 3. The Hall–Kier alpha value is -2.74. The minimum absolute atomic E-state index is 0.205. The maximum atomic E-state index is 13.2. The first-order valence-corrected chi connectivity index (χ1v) is 5.95. The van der Waals surface area contributed by atoms with Crippen LogP contribution in [0.25, 0.3) is 0 Å². The fraction of sp³-hybridized carbons (Fsp3) is 0.133. The monoisotopic (exact) mass is 269 g/mol. The van der Waals surface area contributed by atoms with Gasteiger partial charge in [0.1, 0.15) is 11.9 Å². The van der Waals surface area contributed by atoms with E-state index in [1.165, 1.54) is 36.3 Å². The lowest BCUT2D eigenvalue weighted by atomic mass is 10.1. The van der Waals surface area contributed by atoms with Gasteiger partial charge in [-0.25, -0.2) is 4.39 Å². The van der Waals surface area contributed by atoms with E-state index in [2.05, 4.69) is 11.1 Å². The van der Waals surface area contributed by atoms with Crippen LogP contribution in [-0.4, -0.2) is 22.8 Å². The minimum Gasteiger partial charge on any atom is -0.322 e. The van der Waals surface area contributed by atoms with Crippen LogP contribution in [0.5, 0.6) is 0 Å². The molecule has 1 heterocycles. The predicted molar refractivity (Wildman–Crippen MR) is 71.1 cm³/mol. The Bertz CT molecular complexity index is 652. The third kappa shape index (κ3) is 2.81. The van der Waals surface area contributed by atoms with E-state index in [-0.39, 0.29) is 5.56 Å². The smallest absolute Gasteiger partial charge is 0.255 e. The van der Waals surface area contributed by atoms with Crippen molar-refractivity contribution in [3.8, 4) is 6.07 Å². The Labute approximate surface area is 116 Å². The molecule has 100 valence electrons. The molecule has 1 aromatic heterocycles. The summed E-state index contributed by atoms with van der Waals surface area (Å²) in [6.45, 7) is 0. The molecule has 1 amide bonds. The standard InChI is InChI=1S/C15H12FN3O/c1-19(14(9-17)12-5-3-7-18-10-12)15(20)11-4-2-6-13(16)8-11/h2-8,10,14H,1H3. The molecule has 4 nitrogen and oxygen atoms in total. The molecule has 0 radical (unpaired) electrons. The molecule has 1 unspecified atom stereocenters. The van der Waals surface area contributed by atoms with Crippen molar-refractivity contribution in [1.82, 2.24) is 9.88 Å². The molecule has 0 fully saturated rings. The highest BCUT2D eigenvalue weighted by molar-refractivity contribution is 5.94. The molecule has 5 heteroatoms. The first-order chi connectivity index (χ1) is 9.63. The fourth-order valence-electron chi connectivity index (χ4n) is 1.86. The van der Waals surface area contributed by atoms with Crippen molar-refractivity contribution >= 4 is 5.91 Å². The van der Waals surface area contributed by atoms with E-state index in [0.717, 1.165) is 6.07 Å². The second-order valence-electron chi connectivity index (χ2n) is 4.24. The topological polar surface area (TPSA) is 57.0 Å². The van der Waals surface area contributed by atoms with E-state index in [0.29, 0.717) is 5.56 Å². The molecular formula is C15H12FN3O. The number of rotatable bonds is 3. The molecule has 20 heavy (non-hydrogen) atoms. The highest BCUT2D eigenvalue weighted by Gasteiger charge is 2.22. The van der Waals surface area contributed by atoms with Gasteiger partial charge >= 0.3 is 0 Å². The van der Waals surface area contributed by atoms with Crippen molar-refractivity contribution in [3.05, 3.63) is 65.7 Å². The molecule has 2 aromatic rings. The van der Waals surface area contributed by atoms with Gasteiger partial charge in [0.15, 0.2) is 0 Å². The number of aromatic nitrogens is 1. The molecule has 2 rings (SSSR count). The lowest BCUT2D eigenvalue weighted by Gasteiger charge is -2.22. The van der Waals surface area contributed by atoms with E-state index in [1.54, 1.807) is 18.3 Å². The van der Waals surface area contributed by atoms with E-state index in [4.69, 9.17) is 0 Å². The first-order valence-electron chi connectivity index (χ1n) is 5.95. The molecular weight excluding hydrogens is 257 g/mol. The lowest BCUT2D eigenvalue weighted by molar-refractivity contribution is 0.0763. The molecule has 0 bridgehead atoms. The van der Waals surface area contributed by atoms with Crippen LogP contribution in [0.3, 0.4) is 0 Å². The van der Waals surface area contributed by atoms with Crippen molar-refractivity contribution in [1.29, 1.82) is 5.26 Å². The summed E-state index contributed by atoms with van der Waals surface area (Å²) >= 11 is 0. The SMILES string of the molecule is CN(C(=O)c1cccc(F)c1)C(C#N)c1cccnc1. The first kappa shape index (κ1) is 13.7. The van der Waals surface area contributed by atoms with Crippen LogP contribution in [-0.2, 0) is 0 Å². The summed E-state index contributed by atoms with van der Waals surface area (Å²) in [6.07, 6.45) is 3.12. The maximum Gasteiger partial charge on any atom is 0.255 e. The average Bonchev–Trinajstić information content (AvgIpc) is 2.48. The summed E-state index contributed by atoms with van der Waals surface area (Å²) in [7, 11) is 1.51. The Kier molecular flexibility index (Phi) is 4.06. The third-order valence-corrected chi connectivity index (χ3v) is 2.90. The molecule has 1 atom stereocenters. The van der Waals surface area contributed by atoms with Crippen LogP contribution in [0.4, 0.5) is 4.39 Å². The zero-order valence-electron chi connectivity index (χ0n) is 10.8. The Morgan fingerprint density at radius 3 is 2.80 bits per heavy atom. The van der Waals surface area contributed by atoms with Gasteiger partial charge in [-0.1, -0.05) is 12.1 Å². The van der Waals surface area contributed by atoms with Gasteiger partial charge in [-0.05, 0) is 24.3 Å². The second-order valence-corrected chi connectivity index (χ2v) is 4.24. The number of nitriles is 1. The highest BCUT2D eigenvalue weighted by Crippen LogP contribution is 2.20. The van der Waals surface area contributed by atoms with Crippen molar-refractivity contribution < 1.29 is 9.18 Å². The number of carbonyl (C=O) groups is 1. The van der Waals surface area contributed by atoms with E-state index in [1.807, 2.05) is 0 Å². The number of pyridine rings is 1. The number of halogens is 1. The molecule has 0 aliphatic carbocycles. The van der Waals surface area contributed by atoms with Crippen molar-refractivity contribution in [2.24, 2.45) is 0 Å². The number of benzene rings is 1. The largest absolute Gasteiger partial charge is 0.322 e. The van der Waals surface area contributed by atoms with Crippen molar-refractivity contribution in [3.63, 3.8) is 0 Å². The van der Waals surface area contributed by atoms with Crippen LogP contribution in [0.1, 0.15) is 22.0 Å². The van der Waals surface area contributed by atoms with Crippen molar-refractivity contribution in [2.45, 2.75) is 6.04 Å². The van der Waals surface area contributed by atoms with Crippen LogP contribution in [0.2, 0.25) is 0 Å². The molecule has 0 aliphatic rings. The predicted octanol–water partition coefficient (Wildman–Crippen LogP) is 2.56. The number of hydrogen-bond donors (Lipinski definition) is 0. The molecule has 0 saturated heterocycles. The summed E-state index contributed by atoms with van der Waals surface area (Å²) in [4.78, 5) is 17.5. The van der Waals surface area contributed by atoms with Gasteiger partial charge in [0.2, 0.25) is 0 Å². The molecule has 0 N–H and O–H groups in total. The van der Waals surface area contributed by atoms with E-state index < -0.39 is 17.8 Å². The summed E-state index contributed by atoms with van der Waals surface area (Å²) < 4.78 is 13.2. The zero-order valence-corrected chi connectivity index (χ0v) is 10.8. The van der Waals surface area contributed by atoms with Crippen LogP contribution < -0.4 is 0 Å². The zero-order chi connectivity index (χ0) is 14.5.